The molecular formula is C5H13ClGeO. The molecule has 0 aromatic rings. The van der Waals surface area contributed by atoms with Gasteiger partial charge in [-0.3, -0.25) is 0 Å². The van der Waals surface area contributed by atoms with Gasteiger partial charge in [0.15, 0.2) is 0 Å². The third kappa shape index (κ3) is 6.79. The second kappa shape index (κ2) is 3.75. The zero-order chi connectivity index (χ0) is 6.62. The fourth-order valence-corrected chi connectivity index (χ4v) is 2.19. The fourth-order valence-electron chi connectivity index (χ4n) is 0.345. The van der Waals surface area contributed by atoms with Crippen molar-refractivity contribution >= 4 is 22.7 Å². The van der Waals surface area contributed by atoms with Gasteiger partial charge in [0.05, 0.1) is 0 Å². The molecule has 0 spiro atoms. The fraction of sp³-hybridized carbons (Fsp3) is 1.00. The molecule has 0 saturated heterocycles. The molecule has 0 aromatic heterocycles. The van der Waals surface area contributed by atoms with Crippen molar-refractivity contribution < 1.29 is 3.76 Å². The second-order valence-electron chi connectivity index (χ2n) is 2.21. The van der Waals surface area contributed by atoms with E-state index in [0.717, 1.165) is 13.0 Å². The van der Waals surface area contributed by atoms with Crippen LogP contribution in [-0.4, -0.2) is 19.3 Å². The summed E-state index contributed by atoms with van der Waals surface area (Å²) < 4.78 is 5.33. The summed E-state index contributed by atoms with van der Waals surface area (Å²) in [6.07, 6.45) is 1.07. The van der Waals surface area contributed by atoms with Crippen molar-refractivity contribution in [1.29, 1.82) is 0 Å². The molecule has 0 atom stereocenters. The average molecular weight is 197 g/mol. The number of hydrogen-bond acceptors (Lipinski definition) is 1. The van der Waals surface area contributed by atoms with Crippen LogP contribution >= 0.6 is 10.0 Å². The van der Waals surface area contributed by atoms with E-state index in [4.69, 9.17) is 13.8 Å². The van der Waals surface area contributed by atoms with Crippen molar-refractivity contribution in [3.63, 3.8) is 0 Å². The Morgan fingerprint density at radius 2 is 2.00 bits per heavy atom. The molecule has 0 saturated carbocycles. The van der Waals surface area contributed by atoms with Crippen LogP contribution in [0.5, 0.6) is 0 Å². The van der Waals surface area contributed by atoms with Crippen LogP contribution in [0.1, 0.15) is 13.3 Å². The molecular weight excluding hydrogens is 184 g/mol. The van der Waals surface area contributed by atoms with Gasteiger partial charge in [-0.25, -0.2) is 0 Å². The van der Waals surface area contributed by atoms with Crippen LogP contribution in [0.25, 0.3) is 0 Å². The van der Waals surface area contributed by atoms with Gasteiger partial charge < -0.3 is 0 Å². The first kappa shape index (κ1) is 8.79. The molecule has 8 heavy (non-hydrogen) atoms. The van der Waals surface area contributed by atoms with E-state index in [-0.39, 0.29) is 0 Å². The maximum absolute atomic E-state index is 5.88. The summed E-state index contributed by atoms with van der Waals surface area (Å²) in [4.78, 5) is 0. The molecule has 0 aromatic carbocycles. The van der Waals surface area contributed by atoms with E-state index in [9.17, 15) is 0 Å². The zero-order valence-electron chi connectivity index (χ0n) is 5.70. The van der Waals surface area contributed by atoms with Gasteiger partial charge in [-0.15, -0.1) is 0 Å². The Morgan fingerprint density at radius 3 is 2.12 bits per heavy atom. The monoisotopic (exact) mass is 198 g/mol. The van der Waals surface area contributed by atoms with E-state index in [0.29, 0.717) is 0 Å². The molecule has 0 heterocycles. The van der Waals surface area contributed by atoms with Gasteiger partial charge in [-0.2, -0.15) is 0 Å². The molecule has 0 radical (unpaired) electrons. The van der Waals surface area contributed by atoms with Crippen LogP contribution in [0.2, 0.25) is 11.5 Å². The Kier molecular flexibility index (Phi) is 4.12. The van der Waals surface area contributed by atoms with Gasteiger partial charge in [0.1, 0.15) is 0 Å². The number of halogens is 1. The van der Waals surface area contributed by atoms with Gasteiger partial charge in [-0.05, 0) is 0 Å². The molecule has 0 aliphatic rings. The van der Waals surface area contributed by atoms with E-state index in [1.807, 2.05) is 11.5 Å². The van der Waals surface area contributed by atoms with Crippen molar-refractivity contribution in [2.75, 3.05) is 6.61 Å². The van der Waals surface area contributed by atoms with Crippen LogP contribution in [-0.2, 0) is 3.76 Å². The molecule has 0 rings (SSSR count). The van der Waals surface area contributed by atoms with E-state index >= 15 is 0 Å². The van der Waals surface area contributed by atoms with Crippen molar-refractivity contribution in [3.8, 4) is 0 Å². The Morgan fingerprint density at radius 1 is 1.50 bits per heavy atom. The summed E-state index contributed by atoms with van der Waals surface area (Å²) in [6.45, 7) is 2.92. The van der Waals surface area contributed by atoms with Crippen molar-refractivity contribution in [2.24, 2.45) is 0 Å². The summed E-state index contributed by atoms with van der Waals surface area (Å²) in [5.41, 5.74) is 0. The van der Waals surface area contributed by atoms with Crippen molar-refractivity contribution in [2.45, 2.75) is 24.9 Å². The van der Waals surface area contributed by atoms with Crippen LogP contribution in [0.3, 0.4) is 0 Å². The number of rotatable bonds is 3. The predicted octanol–water partition coefficient (Wildman–Crippen LogP) is 2.35. The Balaban J connectivity index is 3.11. The first-order valence-corrected chi connectivity index (χ1v) is 10.7. The molecule has 0 aliphatic heterocycles. The van der Waals surface area contributed by atoms with Crippen LogP contribution in [0, 0.1) is 0 Å². The van der Waals surface area contributed by atoms with Crippen molar-refractivity contribution in [1.82, 2.24) is 0 Å². The molecule has 0 aliphatic carbocycles. The van der Waals surface area contributed by atoms with Crippen LogP contribution in [0.4, 0.5) is 0 Å². The van der Waals surface area contributed by atoms with E-state index in [2.05, 4.69) is 6.92 Å². The summed E-state index contributed by atoms with van der Waals surface area (Å²) in [5.74, 6) is 4.05. The zero-order valence-corrected chi connectivity index (χ0v) is 8.55. The van der Waals surface area contributed by atoms with Crippen LogP contribution < -0.4 is 0 Å². The standard InChI is InChI=1S/C5H13ClGeO/c1-4-5-8-7(2,3)6/h4-5H2,1-3H3. The molecule has 0 fully saturated rings. The molecule has 0 amide bonds. The first-order chi connectivity index (χ1) is 3.56. The maximum atomic E-state index is 5.88. The van der Waals surface area contributed by atoms with Gasteiger partial charge in [0, 0.05) is 0 Å². The molecule has 0 N–H and O–H groups in total. The first-order valence-electron chi connectivity index (χ1n) is 2.89. The molecule has 0 unspecified atom stereocenters. The quantitative estimate of drug-likeness (QED) is 0.631. The van der Waals surface area contributed by atoms with E-state index in [1.165, 1.54) is 0 Å². The second-order valence-corrected chi connectivity index (χ2v) is 13.3. The molecule has 50 valence electrons. The van der Waals surface area contributed by atoms with Crippen molar-refractivity contribution in [3.05, 3.63) is 0 Å². The van der Waals surface area contributed by atoms with Crippen LogP contribution in [0.15, 0.2) is 0 Å². The molecule has 1 nitrogen and oxygen atoms in total. The minimum absolute atomic E-state index is 0.830. The molecule has 3 heteroatoms. The van der Waals surface area contributed by atoms with Gasteiger partial charge >= 0.3 is 57.9 Å². The van der Waals surface area contributed by atoms with E-state index < -0.39 is 12.7 Å². The third-order valence-electron chi connectivity index (χ3n) is 0.649. The van der Waals surface area contributed by atoms with Gasteiger partial charge in [0.25, 0.3) is 0 Å². The third-order valence-corrected chi connectivity index (χ3v) is 3.08. The summed E-state index contributed by atoms with van der Waals surface area (Å²) in [6, 6.07) is 0. The Hall–Kier alpha value is 0.793. The van der Waals surface area contributed by atoms with E-state index in [1.54, 1.807) is 0 Å². The summed E-state index contributed by atoms with van der Waals surface area (Å²) in [5, 5.41) is 0. The predicted molar refractivity (Wildman–Crippen MR) is 39.6 cm³/mol. The van der Waals surface area contributed by atoms with Gasteiger partial charge in [-0.1, -0.05) is 0 Å². The SMILES string of the molecule is CCC[O][Ge]([CH3])([CH3])[Cl]. The topological polar surface area (TPSA) is 9.23 Å². The average Bonchev–Trinajstić information content (AvgIpc) is 1.59. The molecule has 0 bridgehead atoms. The summed E-state index contributed by atoms with van der Waals surface area (Å²) in [7, 11) is 5.88. The van der Waals surface area contributed by atoms with Gasteiger partial charge in [0.2, 0.25) is 0 Å². The Bertz CT molecular complexity index is 59.9. The normalized spacial score (nSPS) is 12.0. The Labute approximate surface area is 58.3 Å². The summed E-state index contributed by atoms with van der Waals surface area (Å²) >= 11 is -2.14. The minimum atomic E-state index is -2.14. The number of hydrogen-bond donors (Lipinski definition) is 0.